The molecule has 0 bridgehead atoms. The first kappa shape index (κ1) is 16.0. The lowest BCUT2D eigenvalue weighted by atomic mass is 10.0. The summed E-state index contributed by atoms with van der Waals surface area (Å²) in [5.74, 6) is 0. The summed E-state index contributed by atoms with van der Waals surface area (Å²) < 4.78 is 6.65. The van der Waals surface area contributed by atoms with Crippen molar-refractivity contribution in [2.45, 2.75) is 39.2 Å². The normalized spacial score (nSPS) is 15.8. The molecule has 0 radical (unpaired) electrons. The molecule has 1 aliphatic rings. The van der Waals surface area contributed by atoms with Crippen LogP contribution in [0, 0.1) is 0 Å². The van der Waals surface area contributed by atoms with Crippen LogP contribution in [0.15, 0.2) is 29.3 Å². The van der Waals surface area contributed by atoms with Gasteiger partial charge in [-0.1, -0.05) is 17.7 Å². The molecular formula is C18H22N2O2S. The highest BCUT2D eigenvalue weighted by atomic mass is 32.1. The molecule has 23 heavy (non-hydrogen) atoms. The number of thiazole rings is 1. The summed E-state index contributed by atoms with van der Waals surface area (Å²) >= 11 is 1.66. The van der Waals surface area contributed by atoms with E-state index in [1.54, 1.807) is 16.2 Å². The van der Waals surface area contributed by atoms with Crippen LogP contribution < -0.4 is 0 Å². The Balaban J connectivity index is 1.63. The van der Waals surface area contributed by atoms with Crippen molar-refractivity contribution in [2.75, 3.05) is 13.1 Å². The average molecular weight is 330 g/mol. The van der Waals surface area contributed by atoms with E-state index >= 15 is 0 Å². The maximum Gasteiger partial charge on any atom is 0.410 e. The number of hydrogen-bond donors (Lipinski definition) is 0. The Bertz CT molecular complexity index is 733. The van der Waals surface area contributed by atoms with Crippen molar-refractivity contribution in [1.82, 2.24) is 9.88 Å². The first-order valence-corrected chi connectivity index (χ1v) is 8.79. The summed E-state index contributed by atoms with van der Waals surface area (Å²) in [6.07, 6.45) is 3.84. The third-order valence-electron chi connectivity index (χ3n) is 3.78. The average Bonchev–Trinajstić information content (AvgIpc) is 2.94. The van der Waals surface area contributed by atoms with Crippen LogP contribution in [0.2, 0.25) is 0 Å². The van der Waals surface area contributed by atoms with Crippen molar-refractivity contribution < 1.29 is 9.53 Å². The van der Waals surface area contributed by atoms with Crippen LogP contribution >= 0.6 is 11.3 Å². The fourth-order valence-electron chi connectivity index (χ4n) is 2.64. The van der Waals surface area contributed by atoms with Gasteiger partial charge in [-0.2, -0.15) is 0 Å². The fraction of sp³-hybridized carbons (Fsp3) is 0.444. The van der Waals surface area contributed by atoms with Crippen LogP contribution in [0.3, 0.4) is 0 Å². The Kier molecular flexibility index (Phi) is 4.39. The summed E-state index contributed by atoms with van der Waals surface area (Å²) in [4.78, 5) is 18.2. The van der Waals surface area contributed by atoms with Crippen LogP contribution in [0.5, 0.6) is 0 Å². The molecule has 2 aromatic rings. The smallest absolute Gasteiger partial charge is 0.410 e. The van der Waals surface area contributed by atoms with Gasteiger partial charge in [-0.05, 0) is 51.3 Å². The summed E-state index contributed by atoms with van der Waals surface area (Å²) in [6.45, 7) is 7.15. The summed E-state index contributed by atoms with van der Waals surface area (Å²) in [7, 11) is 0. The fourth-order valence-corrected chi connectivity index (χ4v) is 3.37. The highest BCUT2D eigenvalue weighted by molar-refractivity contribution is 7.16. The van der Waals surface area contributed by atoms with Crippen LogP contribution in [0.4, 0.5) is 4.79 Å². The molecule has 122 valence electrons. The maximum atomic E-state index is 12.1. The molecule has 0 atom stereocenters. The van der Waals surface area contributed by atoms with E-state index in [-0.39, 0.29) is 6.09 Å². The Hall–Kier alpha value is -1.88. The molecule has 1 aromatic carbocycles. The second kappa shape index (κ2) is 6.32. The number of nitrogens with zero attached hydrogens (tertiary/aromatic N) is 2. The van der Waals surface area contributed by atoms with E-state index in [2.05, 4.69) is 29.3 Å². The Morgan fingerprint density at radius 1 is 1.30 bits per heavy atom. The van der Waals surface area contributed by atoms with E-state index < -0.39 is 5.60 Å². The number of aromatic nitrogens is 1. The maximum absolute atomic E-state index is 12.1. The molecule has 0 N–H and O–H groups in total. The predicted octanol–water partition coefficient (Wildman–Crippen LogP) is 4.71. The molecule has 4 nitrogen and oxygen atoms in total. The van der Waals surface area contributed by atoms with Crippen molar-refractivity contribution in [1.29, 1.82) is 0 Å². The van der Waals surface area contributed by atoms with Gasteiger partial charge in [0.15, 0.2) is 0 Å². The Labute approximate surface area is 140 Å². The van der Waals surface area contributed by atoms with Gasteiger partial charge in [-0.15, -0.1) is 11.3 Å². The van der Waals surface area contributed by atoms with E-state index in [9.17, 15) is 4.79 Å². The van der Waals surface area contributed by atoms with Gasteiger partial charge in [0.1, 0.15) is 5.60 Å². The predicted molar refractivity (Wildman–Crippen MR) is 94.6 cm³/mol. The van der Waals surface area contributed by atoms with Gasteiger partial charge < -0.3 is 9.64 Å². The van der Waals surface area contributed by atoms with Gasteiger partial charge in [0.2, 0.25) is 0 Å². The topological polar surface area (TPSA) is 42.4 Å². The first-order valence-electron chi connectivity index (χ1n) is 7.91. The van der Waals surface area contributed by atoms with E-state index in [0.717, 1.165) is 31.4 Å². The molecule has 1 aliphatic heterocycles. The minimum absolute atomic E-state index is 0.206. The number of piperidine rings is 1. The lowest BCUT2D eigenvalue weighted by molar-refractivity contribution is 0.0237. The Morgan fingerprint density at radius 2 is 2.04 bits per heavy atom. The monoisotopic (exact) mass is 330 g/mol. The number of rotatable bonds is 1. The zero-order valence-electron chi connectivity index (χ0n) is 13.8. The zero-order chi connectivity index (χ0) is 16.4. The van der Waals surface area contributed by atoms with Crippen LogP contribution in [0.1, 0.15) is 39.2 Å². The molecule has 0 unspecified atom stereocenters. The molecule has 3 rings (SSSR count). The van der Waals surface area contributed by atoms with Crippen LogP contribution in [0.25, 0.3) is 16.3 Å². The van der Waals surface area contributed by atoms with Gasteiger partial charge in [0.25, 0.3) is 0 Å². The summed E-state index contributed by atoms with van der Waals surface area (Å²) in [6, 6.07) is 6.35. The van der Waals surface area contributed by atoms with Gasteiger partial charge in [0.05, 0.1) is 15.7 Å². The summed E-state index contributed by atoms with van der Waals surface area (Å²) in [5.41, 5.74) is 5.09. The minimum atomic E-state index is -0.433. The first-order chi connectivity index (χ1) is 10.9. The molecule has 0 spiro atoms. The molecule has 1 saturated heterocycles. The van der Waals surface area contributed by atoms with Crippen molar-refractivity contribution in [3.63, 3.8) is 0 Å². The Morgan fingerprint density at radius 3 is 2.74 bits per heavy atom. The second-order valence-electron chi connectivity index (χ2n) is 6.85. The largest absolute Gasteiger partial charge is 0.444 e. The van der Waals surface area contributed by atoms with Gasteiger partial charge in [-0.25, -0.2) is 9.78 Å². The lowest BCUT2D eigenvalue weighted by Gasteiger charge is -2.31. The number of hydrogen-bond acceptors (Lipinski definition) is 4. The van der Waals surface area contributed by atoms with Crippen molar-refractivity contribution >= 4 is 33.7 Å². The molecule has 1 aromatic heterocycles. The number of carbonyl (C=O) groups is 1. The molecule has 1 fully saturated rings. The quantitative estimate of drug-likeness (QED) is 0.760. The standard InChI is InChI=1S/C18H22N2O2S/c1-18(2,3)22-17(21)20-8-6-13(7-9-20)10-14-4-5-15-16(11-14)23-12-19-15/h4-5,10-12H,6-9H2,1-3H3. The number of carbonyl (C=O) groups excluding carboxylic acids is 1. The highest BCUT2D eigenvalue weighted by Crippen LogP contribution is 2.24. The van der Waals surface area contributed by atoms with E-state index in [1.165, 1.54) is 15.8 Å². The number of fused-ring (bicyclic) bond motifs is 1. The van der Waals surface area contributed by atoms with Gasteiger partial charge in [0, 0.05) is 13.1 Å². The van der Waals surface area contributed by atoms with E-state index in [4.69, 9.17) is 4.74 Å². The second-order valence-corrected chi connectivity index (χ2v) is 7.74. The van der Waals surface area contributed by atoms with Crippen molar-refractivity contribution in [3.8, 4) is 0 Å². The van der Waals surface area contributed by atoms with Crippen molar-refractivity contribution in [3.05, 3.63) is 34.8 Å². The lowest BCUT2D eigenvalue weighted by Crippen LogP contribution is -2.40. The van der Waals surface area contributed by atoms with Crippen LogP contribution in [-0.4, -0.2) is 34.7 Å². The molecule has 5 heteroatoms. The zero-order valence-corrected chi connectivity index (χ0v) is 14.7. The summed E-state index contributed by atoms with van der Waals surface area (Å²) in [5, 5.41) is 0. The third-order valence-corrected chi connectivity index (χ3v) is 4.58. The number of ether oxygens (including phenoxy) is 1. The SMILES string of the molecule is CC(C)(C)OC(=O)N1CCC(=Cc2ccc3ncsc3c2)CC1. The molecule has 0 aliphatic carbocycles. The minimum Gasteiger partial charge on any atom is -0.444 e. The number of benzene rings is 1. The van der Waals surface area contributed by atoms with E-state index in [0.29, 0.717) is 0 Å². The number of amides is 1. The van der Waals surface area contributed by atoms with Gasteiger partial charge in [-0.3, -0.25) is 0 Å². The molecule has 2 heterocycles. The van der Waals surface area contributed by atoms with Gasteiger partial charge >= 0.3 is 6.09 Å². The van der Waals surface area contributed by atoms with E-state index in [1.807, 2.05) is 26.3 Å². The molecule has 0 saturated carbocycles. The highest BCUT2D eigenvalue weighted by Gasteiger charge is 2.24. The van der Waals surface area contributed by atoms with Crippen molar-refractivity contribution in [2.24, 2.45) is 0 Å². The van der Waals surface area contributed by atoms with Crippen LogP contribution in [-0.2, 0) is 4.74 Å². The number of likely N-dealkylation sites (tertiary alicyclic amines) is 1. The molecular weight excluding hydrogens is 308 g/mol. The third kappa shape index (κ3) is 4.10. The molecule has 1 amide bonds.